The Kier molecular flexibility index (Phi) is 9.11. The average Bonchev–Trinajstić information content (AvgIpc) is 3.64. The van der Waals surface area contributed by atoms with Crippen molar-refractivity contribution >= 4 is 27.3 Å². The molecule has 240 valence electrons. The molecule has 2 aromatic heterocycles. The average molecular weight is 633 g/mol. The predicted octanol–water partition coefficient (Wildman–Crippen LogP) is 7.04. The van der Waals surface area contributed by atoms with Crippen molar-refractivity contribution in [2.45, 2.75) is 84.6 Å². The molecule has 0 aliphatic heterocycles. The maximum Gasteiger partial charge on any atom is 0.255 e. The molecule has 0 bridgehead atoms. The molecule has 4 aromatic rings. The number of nitrogens with zero attached hydrogens (tertiary/aromatic N) is 4. The number of ether oxygens (including phenoxy) is 1. The molecule has 1 fully saturated rings. The number of aryl methyl sites for hydroxylation is 1. The van der Waals surface area contributed by atoms with E-state index in [0.29, 0.717) is 17.3 Å². The van der Waals surface area contributed by atoms with Gasteiger partial charge in [-0.2, -0.15) is 5.10 Å². The lowest BCUT2D eigenvalue weighted by Crippen LogP contribution is -2.18. The molecule has 10 nitrogen and oxygen atoms in total. The van der Waals surface area contributed by atoms with E-state index in [2.05, 4.69) is 21.6 Å². The van der Waals surface area contributed by atoms with Crippen LogP contribution in [0.15, 0.2) is 49.1 Å². The van der Waals surface area contributed by atoms with Gasteiger partial charge in [-0.25, -0.2) is 13.4 Å². The second-order valence-electron chi connectivity index (χ2n) is 12.9. The Balaban J connectivity index is 1.46. The van der Waals surface area contributed by atoms with Crippen LogP contribution in [0, 0.1) is 6.92 Å². The number of imidazole rings is 1. The van der Waals surface area contributed by atoms with E-state index in [-0.39, 0.29) is 22.8 Å². The highest BCUT2D eigenvalue weighted by atomic mass is 32.2. The minimum Gasteiger partial charge on any atom is -0.492 e. The molecule has 11 heteroatoms. The molecule has 0 spiro atoms. The molecule has 0 atom stereocenters. The molecular formula is C34H44N6O4S. The summed E-state index contributed by atoms with van der Waals surface area (Å²) < 4.78 is 36.5. The number of rotatable bonds is 9. The minimum absolute atomic E-state index is 0.230. The van der Waals surface area contributed by atoms with Crippen LogP contribution in [0.25, 0.3) is 16.9 Å². The number of amides is 1. The quantitative estimate of drug-likeness (QED) is 0.204. The van der Waals surface area contributed by atoms with Crippen molar-refractivity contribution in [3.05, 3.63) is 71.4 Å². The van der Waals surface area contributed by atoms with Crippen LogP contribution in [0.5, 0.6) is 5.75 Å². The van der Waals surface area contributed by atoms with E-state index in [1.165, 1.54) is 44.9 Å². The van der Waals surface area contributed by atoms with Gasteiger partial charge in [0.1, 0.15) is 0 Å². The first-order valence-corrected chi connectivity index (χ1v) is 17.4. The lowest BCUT2D eigenvalue weighted by Gasteiger charge is -2.24. The summed E-state index contributed by atoms with van der Waals surface area (Å²) >= 11 is 0. The summed E-state index contributed by atoms with van der Waals surface area (Å²) in [6, 6.07) is 9.51. The summed E-state index contributed by atoms with van der Waals surface area (Å²) in [6.07, 6.45) is 13.8. The number of aromatic nitrogens is 4. The minimum atomic E-state index is -3.59. The van der Waals surface area contributed by atoms with Gasteiger partial charge >= 0.3 is 0 Å². The Labute approximate surface area is 266 Å². The van der Waals surface area contributed by atoms with E-state index in [4.69, 9.17) is 14.8 Å². The van der Waals surface area contributed by atoms with Crippen molar-refractivity contribution in [3.63, 3.8) is 0 Å². The van der Waals surface area contributed by atoms with Gasteiger partial charge in [-0.3, -0.25) is 14.2 Å². The number of hydrogen-bond donors (Lipinski definition) is 2. The fraction of sp³-hybridized carbons (Fsp3) is 0.441. The van der Waals surface area contributed by atoms with Crippen LogP contribution >= 0.6 is 0 Å². The van der Waals surface area contributed by atoms with Gasteiger partial charge in [0.15, 0.2) is 5.75 Å². The third-order valence-corrected chi connectivity index (χ3v) is 9.06. The second-order valence-corrected chi connectivity index (χ2v) is 14.7. The lowest BCUT2D eigenvalue weighted by molar-refractivity contribution is 0.102. The van der Waals surface area contributed by atoms with Crippen molar-refractivity contribution in [2.24, 2.45) is 0 Å². The molecule has 1 aliphatic rings. The van der Waals surface area contributed by atoms with Crippen molar-refractivity contribution in [2.75, 3.05) is 23.4 Å². The first kappa shape index (κ1) is 32.3. The van der Waals surface area contributed by atoms with Gasteiger partial charge in [-0.05, 0) is 67.0 Å². The number of methoxy groups -OCH3 is 1. The van der Waals surface area contributed by atoms with Crippen LogP contribution in [-0.4, -0.2) is 47.0 Å². The Morgan fingerprint density at radius 1 is 1.09 bits per heavy atom. The first-order valence-electron chi connectivity index (χ1n) is 15.5. The molecule has 0 radical (unpaired) electrons. The summed E-state index contributed by atoms with van der Waals surface area (Å²) in [4.78, 5) is 18.4. The number of benzene rings is 2. The van der Waals surface area contributed by atoms with Crippen molar-refractivity contribution in [1.29, 1.82) is 0 Å². The molecule has 2 N–H and O–H groups in total. The fourth-order valence-corrected chi connectivity index (χ4v) is 6.61. The Morgan fingerprint density at radius 2 is 1.80 bits per heavy atom. The largest absolute Gasteiger partial charge is 0.492 e. The third kappa shape index (κ3) is 7.08. The molecule has 5 rings (SSSR count). The van der Waals surface area contributed by atoms with Crippen LogP contribution in [0.2, 0.25) is 0 Å². The van der Waals surface area contributed by atoms with Crippen LogP contribution in [-0.2, 0) is 21.9 Å². The maximum absolute atomic E-state index is 13.7. The zero-order valence-corrected chi connectivity index (χ0v) is 28.1. The Morgan fingerprint density at radius 3 is 2.44 bits per heavy atom. The standard InChI is InChI=1S/C34H44N6O4S/c1-8-30-26(19-36-40(30)25-12-10-9-11-13-25)29-20-39(21-35-29)31-16-23(15-14-22(31)2)33(41)37-27-17-24(34(3,4)5)18-28(32(27)44-6)38-45(7,42)43/h14-21,25,38H,8-13H2,1-7H3,(H,37,41). The van der Waals surface area contributed by atoms with E-state index < -0.39 is 10.0 Å². The zero-order valence-electron chi connectivity index (χ0n) is 27.3. The summed E-state index contributed by atoms with van der Waals surface area (Å²) in [5.41, 5.74) is 6.48. The summed E-state index contributed by atoms with van der Waals surface area (Å²) in [6.45, 7) is 10.2. The maximum atomic E-state index is 13.7. The Bertz CT molecular complexity index is 1810. The van der Waals surface area contributed by atoms with Crippen molar-refractivity contribution in [3.8, 4) is 22.7 Å². The topological polar surface area (TPSA) is 120 Å². The highest BCUT2D eigenvalue weighted by molar-refractivity contribution is 7.92. The number of nitrogens with one attached hydrogen (secondary N) is 2. The number of hydrogen-bond acceptors (Lipinski definition) is 6. The molecule has 0 unspecified atom stereocenters. The van der Waals surface area contributed by atoms with Gasteiger partial charge in [0.05, 0.1) is 54.7 Å². The van der Waals surface area contributed by atoms with Gasteiger partial charge in [-0.1, -0.05) is 53.0 Å². The zero-order chi connectivity index (χ0) is 32.5. The summed E-state index contributed by atoms with van der Waals surface area (Å²) in [5.74, 6) is -0.123. The summed E-state index contributed by atoms with van der Waals surface area (Å²) in [5, 5.41) is 7.75. The highest BCUT2D eigenvalue weighted by Gasteiger charge is 2.24. The van der Waals surface area contributed by atoms with Crippen molar-refractivity contribution in [1.82, 2.24) is 19.3 Å². The molecule has 1 aliphatic carbocycles. The molecule has 1 amide bonds. The van der Waals surface area contributed by atoms with Crippen LogP contribution in [0.1, 0.15) is 93.0 Å². The molecule has 2 heterocycles. The molecule has 1 saturated carbocycles. The van der Waals surface area contributed by atoms with Crippen LogP contribution in [0.3, 0.4) is 0 Å². The normalized spacial score (nSPS) is 14.4. The van der Waals surface area contributed by atoms with E-state index in [1.807, 2.05) is 62.9 Å². The summed E-state index contributed by atoms with van der Waals surface area (Å²) in [7, 11) is -2.15. The SMILES string of the molecule is CCc1c(-c2cn(-c3cc(C(=O)Nc4cc(C(C)(C)C)cc(NS(C)(=O)=O)c4OC)ccc3C)cn2)cnn1C1CCCCC1. The van der Waals surface area contributed by atoms with Crippen molar-refractivity contribution < 1.29 is 17.9 Å². The van der Waals surface area contributed by atoms with Gasteiger partial charge in [0.25, 0.3) is 5.91 Å². The highest BCUT2D eigenvalue weighted by Crippen LogP contribution is 2.39. The van der Waals surface area contributed by atoms with Gasteiger partial charge < -0.3 is 14.6 Å². The van der Waals surface area contributed by atoms with E-state index in [0.717, 1.165) is 40.7 Å². The molecule has 2 aromatic carbocycles. The number of carbonyl (C=O) groups excluding carboxylic acids is 1. The van der Waals surface area contributed by atoms with Gasteiger partial charge in [-0.15, -0.1) is 0 Å². The van der Waals surface area contributed by atoms with Crippen LogP contribution < -0.4 is 14.8 Å². The monoisotopic (exact) mass is 632 g/mol. The van der Waals surface area contributed by atoms with E-state index in [1.54, 1.807) is 18.5 Å². The lowest BCUT2D eigenvalue weighted by atomic mass is 9.86. The smallest absolute Gasteiger partial charge is 0.255 e. The Hall–Kier alpha value is -4.12. The number of carbonyl (C=O) groups is 1. The van der Waals surface area contributed by atoms with E-state index in [9.17, 15) is 13.2 Å². The second kappa shape index (κ2) is 12.7. The third-order valence-electron chi connectivity index (χ3n) is 8.46. The van der Waals surface area contributed by atoms with E-state index >= 15 is 0 Å². The predicted molar refractivity (Wildman–Crippen MR) is 179 cm³/mol. The number of sulfonamides is 1. The van der Waals surface area contributed by atoms with Gasteiger partial charge in [0, 0.05) is 23.0 Å². The fourth-order valence-electron chi connectivity index (χ4n) is 6.06. The number of anilines is 2. The van der Waals surface area contributed by atoms with Crippen LogP contribution in [0.4, 0.5) is 11.4 Å². The molecular weight excluding hydrogens is 588 g/mol. The van der Waals surface area contributed by atoms with Gasteiger partial charge in [0.2, 0.25) is 10.0 Å². The first-order chi connectivity index (χ1) is 21.3. The molecule has 45 heavy (non-hydrogen) atoms. The molecule has 0 saturated heterocycles.